The van der Waals surface area contributed by atoms with Gasteiger partial charge >= 0.3 is 5.97 Å². The summed E-state index contributed by atoms with van der Waals surface area (Å²) in [6.07, 6.45) is 0.225. The Balaban J connectivity index is 3.16. The molecule has 0 amide bonds. The van der Waals surface area contributed by atoms with Gasteiger partial charge in [-0.3, -0.25) is 4.79 Å². The van der Waals surface area contributed by atoms with Crippen LogP contribution in [0.2, 0.25) is 19.6 Å². The van der Waals surface area contributed by atoms with Crippen molar-refractivity contribution in [1.82, 2.24) is 0 Å². The molecule has 0 radical (unpaired) electrons. The third kappa shape index (κ3) is 4.80. The number of hydrogen-bond donors (Lipinski definition) is 1. The molecular weight excluding hydrogens is 254 g/mol. The molecule has 0 aromatic heterocycles. The van der Waals surface area contributed by atoms with Gasteiger partial charge in [0.2, 0.25) is 0 Å². The van der Waals surface area contributed by atoms with E-state index < -0.39 is 8.07 Å². The van der Waals surface area contributed by atoms with E-state index in [0.29, 0.717) is 5.69 Å². The van der Waals surface area contributed by atoms with E-state index in [1.54, 1.807) is 0 Å². The molecule has 0 bridgehead atoms. The molecule has 102 valence electrons. The molecule has 1 aromatic carbocycles. The third-order valence-corrected chi connectivity index (χ3v) is 3.53. The minimum Gasteiger partial charge on any atom is -0.469 e. The molecule has 3 nitrogen and oxygen atoms in total. The SMILES string of the molecule is COC(=O)Cc1cc(N)c(C)c(C#C[Si](C)(C)C)c1. The number of nitrogen functional groups attached to an aromatic ring is 1. The average molecular weight is 275 g/mol. The van der Waals surface area contributed by atoms with Crippen LogP contribution in [-0.4, -0.2) is 21.2 Å². The lowest BCUT2D eigenvalue weighted by molar-refractivity contribution is -0.139. The van der Waals surface area contributed by atoms with Gasteiger partial charge in [0, 0.05) is 11.3 Å². The predicted octanol–water partition coefficient (Wildman–Crippen LogP) is 2.52. The highest BCUT2D eigenvalue weighted by Gasteiger charge is 2.10. The van der Waals surface area contributed by atoms with Crippen LogP contribution >= 0.6 is 0 Å². The second-order valence-electron chi connectivity index (χ2n) is 5.61. The summed E-state index contributed by atoms with van der Waals surface area (Å²) in [4.78, 5) is 11.3. The van der Waals surface area contributed by atoms with Gasteiger partial charge in [0.15, 0.2) is 0 Å². The number of ether oxygens (including phenoxy) is 1. The van der Waals surface area contributed by atoms with Crippen LogP contribution in [-0.2, 0) is 16.0 Å². The van der Waals surface area contributed by atoms with E-state index in [9.17, 15) is 4.79 Å². The summed E-state index contributed by atoms with van der Waals surface area (Å²) < 4.78 is 4.67. The molecular formula is C15H21NO2Si. The zero-order chi connectivity index (χ0) is 14.6. The quantitative estimate of drug-likeness (QED) is 0.390. The van der Waals surface area contributed by atoms with Crippen molar-refractivity contribution >= 4 is 19.7 Å². The van der Waals surface area contributed by atoms with E-state index in [1.807, 2.05) is 19.1 Å². The van der Waals surface area contributed by atoms with Crippen molar-refractivity contribution < 1.29 is 9.53 Å². The summed E-state index contributed by atoms with van der Waals surface area (Å²) in [5, 5.41) is 0. The minimum atomic E-state index is -1.43. The molecule has 19 heavy (non-hydrogen) atoms. The first kappa shape index (κ1) is 15.3. The van der Waals surface area contributed by atoms with Gasteiger partial charge in [-0.05, 0) is 30.2 Å². The van der Waals surface area contributed by atoms with Gasteiger partial charge in [0.25, 0.3) is 0 Å². The van der Waals surface area contributed by atoms with E-state index in [4.69, 9.17) is 5.73 Å². The number of carbonyl (C=O) groups is 1. The topological polar surface area (TPSA) is 52.3 Å². The van der Waals surface area contributed by atoms with Gasteiger partial charge in [-0.15, -0.1) is 5.54 Å². The fourth-order valence-electron chi connectivity index (χ4n) is 1.52. The van der Waals surface area contributed by atoms with Crippen LogP contribution in [0.1, 0.15) is 16.7 Å². The van der Waals surface area contributed by atoms with Gasteiger partial charge < -0.3 is 10.5 Å². The lowest BCUT2D eigenvalue weighted by atomic mass is 10.0. The third-order valence-electron chi connectivity index (χ3n) is 2.66. The zero-order valence-electron chi connectivity index (χ0n) is 12.3. The van der Waals surface area contributed by atoms with E-state index in [-0.39, 0.29) is 12.4 Å². The van der Waals surface area contributed by atoms with Gasteiger partial charge in [0.1, 0.15) is 8.07 Å². The molecule has 0 aliphatic carbocycles. The Morgan fingerprint density at radius 1 is 1.37 bits per heavy atom. The van der Waals surface area contributed by atoms with E-state index >= 15 is 0 Å². The van der Waals surface area contributed by atoms with Crippen LogP contribution in [0.5, 0.6) is 0 Å². The number of carbonyl (C=O) groups excluding carboxylic acids is 1. The average Bonchev–Trinajstić information content (AvgIpc) is 2.30. The summed E-state index contributed by atoms with van der Waals surface area (Å²) >= 11 is 0. The van der Waals surface area contributed by atoms with Crippen molar-refractivity contribution in [2.75, 3.05) is 12.8 Å². The van der Waals surface area contributed by atoms with Crippen molar-refractivity contribution in [3.8, 4) is 11.5 Å². The fraction of sp³-hybridized carbons (Fsp3) is 0.400. The van der Waals surface area contributed by atoms with Gasteiger partial charge in [-0.25, -0.2) is 0 Å². The highest BCUT2D eigenvalue weighted by molar-refractivity contribution is 6.83. The number of hydrogen-bond acceptors (Lipinski definition) is 3. The molecule has 0 atom stereocenters. The molecule has 0 aliphatic heterocycles. The Kier molecular flexibility index (Phi) is 4.79. The summed E-state index contributed by atoms with van der Waals surface area (Å²) in [6, 6.07) is 3.74. The first-order valence-corrected chi connectivity index (χ1v) is 9.72. The van der Waals surface area contributed by atoms with Crippen molar-refractivity contribution in [3.63, 3.8) is 0 Å². The van der Waals surface area contributed by atoms with Crippen LogP contribution in [0.3, 0.4) is 0 Å². The maximum atomic E-state index is 11.3. The normalized spacial score (nSPS) is 10.6. The Hall–Kier alpha value is -1.73. The molecule has 1 aromatic rings. The molecule has 0 saturated carbocycles. The molecule has 0 fully saturated rings. The monoisotopic (exact) mass is 275 g/mol. The summed E-state index contributed by atoms with van der Waals surface area (Å²) in [5.41, 5.74) is 12.7. The van der Waals surface area contributed by atoms with Crippen molar-refractivity contribution in [2.45, 2.75) is 33.0 Å². The lowest BCUT2D eigenvalue weighted by Gasteiger charge is -2.09. The smallest absolute Gasteiger partial charge is 0.309 e. The molecule has 0 saturated heterocycles. The number of methoxy groups -OCH3 is 1. The zero-order valence-corrected chi connectivity index (χ0v) is 13.3. The van der Waals surface area contributed by atoms with Gasteiger partial charge in [-0.2, -0.15) is 0 Å². The standard InChI is InChI=1S/C15H21NO2Si/c1-11-13(6-7-19(3,4)5)8-12(9-14(11)16)10-15(17)18-2/h8-9H,10,16H2,1-5H3. The van der Waals surface area contributed by atoms with Crippen LogP contribution in [0.25, 0.3) is 0 Å². The van der Waals surface area contributed by atoms with Crippen molar-refractivity contribution in [2.24, 2.45) is 0 Å². The van der Waals surface area contributed by atoms with Crippen LogP contribution in [0.15, 0.2) is 12.1 Å². The molecule has 0 aliphatic rings. The van der Waals surface area contributed by atoms with E-state index in [2.05, 4.69) is 35.8 Å². The first-order valence-electron chi connectivity index (χ1n) is 6.22. The predicted molar refractivity (Wildman–Crippen MR) is 81.5 cm³/mol. The first-order chi connectivity index (χ1) is 8.73. The Morgan fingerprint density at radius 3 is 2.53 bits per heavy atom. The van der Waals surface area contributed by atoms with Crippen molar-refractivity contribution in [1.29, 1.82) is 0 Å². The number of rotatable bonds is 2. The highest BCUT2D eigenvalue weighted by atomic mass is 28.3. The number of esters is 1. The van der Waals surface area contributed by atoms with Gasteiger partial charge in [0.05, 0.1) is 13.5 Å². The van der Waals surface area contributed by atoms with Crippen molar-refractivity contribution in [3.05, 3.63) is 28.8 Å². The highest BCUT2D eigenvalue weighted by Crippen LogP contribution is 2.19. The van der Waals surface area contributed by atoms with E-state index in [0.717, 1.165) is 16.7 Å². The second kappa shape index (κ2) is 5.94. The number of nitrogens with two attached hydrogens (primary N) is 1. The Labute approximate surface area is 116 Å². The second-order valence-corrected chi connectivity index (χ2v) is 10.4. The largest absolute Gasteiger partial charge is 0.469 e. The van der Waals surface area contributed by atoms with Crippen LogP contribution in [0.4, 0.5) is 5.69 Å². The molecule has 2 N–H and O–H groups in total. The Bertz CT molecular complexity index is 548. The number of anilines is 1. The molecule has 0 heterocycles. The molecule has 1 rings (SSSR count). The Morgan fingerprint density at radius 2 is 2.00 bits per heavy atom. The fourth-order valence-corrected chi connectivity index (χ4v) is 2.03. The summed E-state index contributed by atoms with van der Waals surface area (Å²) in [6.45, 7) is 8.52. The molecule has 0 unspecified atom stereocenters. The maximum absolute atomic E-state index is 11.3. The van der Waals surface area contributed by atoms with Crippen LogP contribution < -0.4 is 5.73 Å². The van der Waals surface area contributed by atoms with Crippen LogP contribution in [0, 0.1) is 18.4 Å². The maximum Gasteiger partial charge on any atom is 0.309 e. The summed E-state index contributed by atoms with van der Waals surface area (Å²) in [5.74, 6) is 2.93. The number of benzene rings is 1. The summed E-state index contributed by atoms with van der Waals surface area (Å²) in [7, 11) is -0.0494. The van der Waals surface area contributed by atoms with Gasteiger partial charge in [-0.1, -0.05) is 25.6 Å². The minimum absolute atomic E-state index is 0.225. The molecule has 4 heteroatoms. The molecule has 0 spiro atoms. The lowest BCUT2D eigenvalue weighted by Crippen LogP contribution is -2.16. The van der Waals surface area contributed by atoms with E-state index in [1.165, 1.54) is 7.11 Å².